The lowest BCUT2D eigenvalue weighted by Crippen LogP contribution is -2.29. The number of hydrogen-bond acceptors (Lipinski definition) is 4. The average Bonchev–Trinajstić information content (AvgIpc) is 2.76. The maximum Gasteiger partial charge on any atom is 0.246 e. The third kappa shape index (κ3) is 3.14. The van der Waals surface area contributed by atoms with Gasteiger partial charge in [-0.2, -0.15) is 4.98 Å². The van der Waals surface area contributed by atoms with Gasteiger partial charge >= 0.3 is 0 Å². The first-order chi connectivity index (χ1) is 8.05. The molecule has 0 amide bonds. The number of nitrogens with two attached hydrogens (primary N) is 1. The number of aryl methyl sites for hydroxylation is 2. The number of rotatable bonds is 4. The maximum absolute atomic E-state index is 5.88. The van der Waals surface area contributed by atoms with Crippen LogP contribution in [0.25, 0.3) is 0 Å². The van der Waals surface area contributed by atoms with Crippen molar-refractivity contribution < 1.29 is 4.52 Å². The maximum atomic E-state index is 5.88. The van der Waals surface area contributed by atoms with Gasteiger partial charge in [0.2, 0.25) is 5.89 Å². The van der Waals surface area contributed by atoms with Crippen LogP contribution in [-0.4, -0.2) is 10.1 Å². The zero-order valence-corrected chi connectivity index (χ0v) is 10.2. The van der Waals surface area contributed by atoms with Crippen LogP contribution in [0.15, 0.2) is 34.9 Å². The van der Waals surface area contributed by atoms with Crippen molar-refractivity contribution in [3.8, 4) is 0 Å². The highest BCUT2D eigenvalue weighted by molar-refractivity contribution is 5.15. The molecule has 0 aliphatic rings. The van der Waals surface area contributed by atoms with E-state index < -0.39 is 5.54 Å². The summed E-state index contributed by atoms with van der Waals surface area (Å²) in [5, 5.41) is 3.93. The third-order valence-electron chi connectivity index (χ3n) is 2.50. The van der Waals surface area contributed by atoms with Gasteiger partial charge in [0.1, 0.15) is 0 Å². The van der Waals surface area contributed by atoms with Gasteiger partial charge in [0.05, 0.1) is 5.54 Å². The Balaban J connectivity index is 1.99. The van der Waals surface area contributed by atoms with Crippen molar-refractivity contribution in [3.05, 3.63) is 47.6 Å². The number of aromatic nitrogens is 2. The monoisotopic (exact) mass is 231 g/mol. The molecule has 0 aliphatic heterocycles. The van der Waals surface area contributed by atoms with Crippen molar-refractivity contribution in [2.24, 2.45) is 5.73 Å². The predicted octanol–water partition coefficient (Wildman–Crippen LogP) is 2.05. The van der Waals surface area contributed by atoms with Gasteiger partial charge in [0, 0.05) is 6.42 Å². The fourth-order valence-corrected chi connectivity index (χ4v) is 1.52. The van der Waals surface area contributed by atoms with Gasteiger partial charge in [-0.15, -0.1) is 0 Å². The normalized spacial score (nSPS) is 11.7. The summed E-state index contributed by atoms with van der Waals surface area (Å²) in [5.41, 5.74) is 6.58. The lowest BCUT2D eigenvalue weighted by atomic mass is 10.1. The molecule has 0 unspecified atom stereocenters. The summed E-state index contributed by atoms with van der Waals surface area (Å²) in [7, 11) is 0. The van der Waals surface area contributed by atoms with E-state index in [1.165, 1.54) is 5.56 Å². The standard InChI is InChI=1S/C13H17N3O/c1-13(2,14)12-15-11(16-17-12)9-8-10-6-4-3-5-7-10/h3-7H,8-9,14H2,1-2H3. The lowest BCUT2D eigenvalue weighted by molar-refractivity contribution is 0.310. The Kier molecular flexibility index (Phi) is 3.24. The topological polar surface area (TPSA) is 64.9 Å². The highest BCUT2D eigenvalue weighted by atomic mass is 16.5. The van der Waals surface area contributed by atoms with E-state index in [0.717, 1.165) is 12.8 Å². The molecular formula is C13H17N3O. The van der Waals surface area contributed by atoms with Crippen molar-refractivity contribution in [2.45, 2.75) is 32.2 Å². The molecule has 4 heteroatoms. The fourth-order valence-electron chi connectivity index (χ4n) is 1.52. The minimum atomic E-state index is -0.571. The molecule has 0 saturated heterocycles. The molecule has 2 rings (SSSR count). The Morgan fingerprint density at radius 1 is 1.18 bits per heavy atom. The van der Waals surface area contributed by atoms with E-state index in [-0.39, 0.29) is 0 Å². The summed E-state index contributed by atoms with van der Waals surface area (Å²) in [5.74, 6) is 1.20. The van der Waals surface area contributed by atoms with Crippen molar-refractivity contribution in [1.82, 2.24) is 10.1 Å². The van der Waals surface area contributed by atoms with Gasteiger partial charge in [0.15, 0.2) is 5.82 Å². The molecule has 0 bridgehead atoms. The Morgan fingerprint density at radius 3 is 2.47 bits per heavy atom. The molecule has 1 aromatic carbocycles. The molecule has 0 atom stereocenters. The largest absolute Gasteiger partial charge is 0.337 e. The number of benzene rings is 1. The van der Waals surface area contributed by atoms with Crippen LogP contribution >= 0.6 is 0 Å². The minimum Gasteiger partial charge on any atom is -0.337 e. The summed E-state index contributed by atoms with van der Waals surface area (Å²) < 4.78 is 5.13. The minimum absolute atomic E-state index is 0.487. The van der Waals surface area contributed by atoms with E-state index in [1.807, 2.05) is 32.0 Å². The van der Waals surface area contributed by atoms with Crippen molar-refractivity contribution in [1.29, 1.82) is 0 Å². The van der Waals surface area contributed by atoms with Crippen molar-refractivity contribution in [2.75, 3.05) is 0 Å². The Morgan fingerprint density at radius 2 is 1.88 bits per heavy atom. The first-order valence-electron chi connectivity index (χ1n) is 5.71. The van der Waals surface area contributed by atoms with Crippen molar-refractivity contribution >= 4 is 0 Å². The highest BCUT2D eigenvalue weighted by Gasteiger charge is 2.21. The van der Waals surface area contributed by atoms with E-state index in [2.05, 4.69) is 22.3 Å². The SMILES string of the molecule is CC(C)(N)c1nc(CCc2ccccc2)no1. The fraction of sp³-hybridized carbons (Fsp3) is 0.385. The van der Waals surface area contributed by atoms with Crippen LogP contribution in [0.5, 0.6) is 0 Å². The number of hydrogen-bond donors (Lipinski definition) is 1. The number of nitrogens with zero attached hydrogens (tertiary/aromatic N) is 2. The summed E-state index contributed by atoms with van der Waals surface area (Å²) in [6, 6.07) is 10.2. The van der Waals surface area contributed by atoms with E-state index in [4.69, 9.17) is 10.3 Å². The first kappa shape index (κ1) is 11.8. The van der Waals surface area contributed by atoms with Gasteiger partial charge in [-0.25, -0.2) is 0 Å². The van der Waals surface area contributed by atoms with Crippen LogP contribution < -0.4 is 5.73 Å². The van der Waals surface area contributed by atoms with Crippen LogP contribution in [0.2, 0.25) is 0 Å². The summed E-state index contributed by atoms with van der Waals surface area (Å²) >= 11 is 0. The molecule has 2 aromatic rings. The average molecular weight is 231 g/mol. The lowest BCUT2D eigenvalue weighted by Gasteiger charge is -2.10. The van der Waals surface area contributed by atoms with Crippen LogP contribution in [0.1, 0.15) is 31.1 Å². The molecule has 0 saturated carbocycles. The highest BCUT2D eigenvalue weighted by Crippen LogP contribution is 2.14. The second-order valence-electron chi connectivity index (χ2n) is 4.72. The molecule has 0 aliphatic carbocycles. The Bertz CT molecular complexity index is 471. The summed E-state index contributed by atoms with van der Waals surface area (Å²) in [4.78, 5) is 4.29. The molecule has 1 aromatic heterocycles. The Labute approximate surface area is 101 Å². The van der Waals surface area contributed by atoms with E-state index in [1.54, 1.807) is 0 Å². The zero-order valence-electron chi connectivity index (χ0n) is 10.2. The molecule has 0 spiro atoms. The Hall–Kier alpha value is -1.68. The molecule has 0 radical (unpaired) electrons. The van der Waals surface area contributed by atoms with Gasteiger partial charge < -0.3 is 10.3 Å². The van der Waals surface area contributed by atoms with Crippen LogP contribution in [0.3, 0.4) is 0 Å². The quantitative estimate of drug-likeness (QED) is 0.874. The molecule has 1 heterocycles. The van der Waals surface area contributed by atoms with E-state index in [0.29, 0.717) is 11.7 Å². The van der Waals surface area contributed by atoms with Gasteiger partial charge in [0.25, 0.3) is 0 Å². The van der Waals surface area contributed by atoms with E-state index in [9.17, 15) is 0 Å². The first-order valence-corrected chi connectivity index (χ1v) is 5.71. The summed E-state index contributed by atoms with van der Waals surface area (Å²) in [6.07, 6.45) is 1.68. The van der Waals surface area contributed by atoms with Gasteiger partial charge in [-0.1, -0.05) is 35.5 Å². The second-order valence-corrected chi connectivity index (χ2v) is 4.72. The summed E-state index contributed by atoms with van der Waals surface area (Å²) in [6.45, 7) is 3.70. The molecule has 17 heavy (non-hydrogen) atoms. The third-order valence-corrected chi connectivity index (χ3v) is 2.50. The van der Waals surface area contributed by atoms with Crippen LogP contribution in [0, 0.1) is 0 Å². The predicted molar refractivity (Wildman–Crippen MR) is 65.4 cm³/mol. The molecule has 0 fully saturated rings. The van der Waals surface area contributed by atoms with Gasteiger partial charge in [-0.05, 0) is 25.8 Å². The molecule has 2 N–H and O–H groups in total. The second kappa shape index (κ2) is 4.67. The smallest absolute Gasteiger partial charge is 0.246 e. The zero-order chi connectivity index (χ0) is 12.3. The molecular weight excluding hydrogens is 214 g/mol. The molecule has 4 nitrogen and oxygen atoms in total. The van der Waals surface area contributed by atoms with Crippen LogP contribution in [0.4, 0.5) is 0 Å². The van der Waals surface area contributed by atoms with Gasteiger partial charge in [-0.3, -0.25) is 0 Å². The molecule has 90 valence electrons. The van der Waals surface area contributed by atoms with E-state index >= 15 is 0 Å². The van der Waals surface area contributed by atoms with Crippen LogP contribution in [-0.2, 0) is 18.4 Å². The van der Waals surface area contributed by atoms with Crippen molar-refractivity contribution in [3.63, 3.8) is 0 Å².